The van der Waals surface area contributed by atoms with E-state index < -0.39 is 0 Å². The lowest BCUT2D eigenvalue weighted by Crippen LogP contribution is -2.33. The molecule has 2 aliphatic rings. The van der Waals surface area contributed by atoms with Gasteiger partial charge >= 0.3 is 0 Å². The van der Waals surface area contributed by atoms with E-state index in [1.807, 2.05) is 0 Å². The number of hydrogen-bond acceptors (Lipinski definition) is 1. The van der Waals surface area contributed by atoms with E-state index in [0.717, 1.165) is 0 Å². The highest BCUT2D eigenvalue weighted by Gasteiger charge is 2.43. The number of carbonyl (C=O) groups excluding carboxylic acids is 1. The lowest BCUT2D eigenvalue weighted by atomic mass is 9.65. The molecule has 1 nitrogen and oxygen atoms in total. The van der Waals surface area contributed by atoms with Crippen molar-refractivity contribution in [1.82, 2.24) is 0 Å². The van der Waals surface area contributed by atoms with Crippen molar-refractivity contribution in [3.8, 4) is 0 Å². The Morgan fingerprint density at radius 1 is 1.46 bits per heavy atom. The van der Waals surface area contributed by atoms with Gasteiger partial charge in [0, 0.05) is 12.3 Å². The first-order valence-electron chi connectivity index (χ1n) is 5.25. The molecular weight excluding hydrogens is 160 g/mol. The van der Waals surface area contributed by atoms with Crippen LogP contribution in [-0.4, -0.2) is 5.78 Å². The van der Waals surface area contributed by atoms with Gasteiger partial charge in [0.05, 0.1) is 0 Å². The van der Waals surface area contributed by atoms with Crippen LogP contribution in [0, 0.1) is 17.3 Å². The molecule has 0 N–H and O–H groups in total. The van der Waals surface area contributed by atoms with E-state index in [0.29, 0.717) is 18.1 Å². The molecule has 0 radical (unpaired) electrons. The normalized spacial score (nSPS) is 37.2. The Morgan fingerprint density at radius 3 is 2.77 bits per heavy atom. The van der Waals surface area contributed by atoms with Crippen LogP contribution < -0.4 is 0 Å². The molecule has 0 spiro atoms. The highest BCUT2D eigenvalue weighted by Crippen LogP contribution is 2.49. The summed E-state index contributed by atoms with van der Waals surface area (Å²) in [6.45, 7) is 6.77. The number of fused-ring (bicyclic) bond motifs is 1. The van der Waals surface area contributed by atoms with Crippen LogP contribution in [0.4, 0.5) is 0 Å². The summed E-state index contributed by atoms with van der Waals surface area (Å²) in [6, 6.07) is 0. The van der Waals surface area contributed by atoms with E-state index in [2.05, 4.69) is 26.8 Å². The first-order valence-corrected chi connectivity index (χ1v) is 5.25. The van der Waals surface area contributed by atoms with Crippen molar-refractivity contribution in [1.29, 1.82) is 0 Å². The smallest absolute Gasteiger partial charge is 0.144 e. The molecule has 2 unspecified atom stereocenters. The molecule has 2 rings (SSSR count). The Bertz CT molecular complexity index is 273. The van der Waals surface area contributed by atoms with Crippen LogP contribution >= 0.6 is 0 Å². The zero-order valence-electron chi connectivity index (χ0n) is 8.76. The van der Waals surface area contributed by atoms with Gasteiger partial charge in [-0.1, -0.05) is 32.4 Å². The zero-order valence-corrected chi connectivity index (χ0v) is 8.76. The summed E-state index contributed by atoms with van der Waals surface area (Å²) in [5, 5.41) is 0. The molecule has 72 valence electrons. The summed E-state index contributed by atoms with van der Waals surface area (Å²) >= 11 is 0. The fourth-order valence-corrected chi connectivity index (χ4v) is 2.86. The van der Waals surface area contributed by atoms with Gasteiger partial charge in [-0.15, -0.1) is 0 Å². The molecule has 0 aromatic rings. The van der Waals surface area contributed by atoms with E-state index >= 15 is 0 Å². The van der Waals surface area contributed by atoms with Gasteiger partial charge < -0.3 is 0 Å². The lowest BCUT2D eigenvalue weighted by Gasteiger charge is -2.39. The topological polar surface area (TPSA) is 17.1 Å². The van der Waals surface area contributed by atoms with Gasteiger partial charge in [0.1, 0.15) is 5.78 Å². The van der Waals surface area contributed by atoms with E-state index in [1.165, 1.54) is 18.4 Å². The van der Waals surface area contributed by atoms with Crippen LogP contribution in [-0.2, 0) is 4.79 Å². The Labute approximate surface area is 80.2 Å². The third-order valence-corrected chi connectivity index (χ3v) is 3.78. The third-order valence-electron chi connectivity index (χ3n) is 3.78. The molecule has 0 heterocycles. The molecule has 0 aromatic heterocycles. The van der Waals surface area contributed by atoms with Gasteiger partial charge in [-0.2, -0.15) is 0 Å². The molecule has 2 aliphatic carbocycles. The van der Waals surface area contributed by atoms with Crippen molar-refractivity contribution >= 4 is 5.78 Å². The molecule has 1 fully saturated rings. The van der Waals surface area contributed by atoms with Crippen LogP contribution in [0.5, 0.6) is 0 Å². The maximum atomic E-state index is 11.7. The summed E-state index contributed by atoms with van der Waals surface area (Å²) < 4.78 is 0. The predicted octanol–water partition coefficient (Wildman–Crippen LogP) is 2.96. The number of allylic oxidation sites excluding steroid dienone is 2. The second kappa shape index (κ2) is 2.70. The summed E-state index contributed by atoms with van der Waals surface area (Å²) in [7, 11) is 0. The fraction of sp³-hybridized carbons (Fsp3) is 0.750. The second-order valence-corrected chi connectivity index (χ2v) is 5.21. The van der Waals surface area contributed by atoms with Crippen molar-refractivity contribution in [2.75, 3.05) is 0 Å². The first-order chi connectivity index (χ1) is 6.02. The van der Waals surface area contributed by atoms with Crippen molar-refractivity contribution in [3.05, 3.63) is 11.6 Å². The molecule has 0 saturated heterocycles. The third kappa shape index (κ3) is 1.25. The van der Waals surface area contributed by atoms with Crippen LogP contribution in [0.1, 0.15) is 40.0 Å². The number of rotatable bonds is 0. The van der Waals surface area contributed by atoms with E-state index in [9.17, 15) is 4.79 Å². The van der Waals surface area contributed by atoms with Gasteiger partial charge in [-0.3, -0.25) is 4.79 Å². The van der Waals surface area contributed by atoms with Crippen LogP contribution in [0.2, 0.25) is 0 Å². The Hall–Kier alpha value is -0.590. The van der Waals surface area contributed by atoms with E-state index in [4.69, 9.17) is 0 Å². The standard InChI is InChI=1S/C12H18O/c1-8-6-7-12(2,3)9-4-5-10(13)11(8)9/h4,8,11H,5-7H2,1-3H3. The van der Waals surface area contributed by atoms with Gasteiger partial charge in [0.2, 0.25) is 0 Å². The molecule has 13 heavy (non-hydrogen) atoms. The average Bonchev–Trinajstić information content (AvgIpc) is 2.42. The van der Waals surface area contributed by atoms with E-state index in [1.54, 1.807) is 0 Å². The van der Waals surface area contributed by atoms with E-state index in [-0.39, 0.29) is 11.3 Å². The molecule has 1 saturated carbocycles. The summed E-state index contributed by atoms with van der Waals surface area (Å²) in [6.07, 6.45) is 5.32. The molecule has 1 heteroatoms. The Balaban J connectivity index is 2.34. The molecule has 2 atom stereocenters. The quantitative estimate of drug-likeness (QED) is 0.521. The Kier molecular flexibility index (Phi) is 1.86. The van der Waals surface area contributed by atoms with Crippen molar-refractivity contribution in [2.24, 2.45) is 17.3 Å². The van der Waals surface area contributed by atoms with Crippen molar-refractivity contribution in [2.45, 2.75) is 40.0 Å². The average molecular weight is 178 g/mol. The van der Waals surface area contributed by atoms with Gasteiger partial charge in [-0.05, 0) is 24.2 Å². The highest BCUT2D eigenvalue weighted by molar-refractivity contribution is 5.89. The van der Waals surface area contributed by atoms with Crippen LogP contribution in [0.3, 0.4) is 0 Å². The van der Waals surface area contributed by atoms with Crippen LogP contribution in [0.25, 0.3) is 0 Å². The summed E-state index contributed by atoms with van der Waals surface area (Å²) in [5.41, 5.74) is 1.71. The zero-order chi connectivity index (χ0) is 9.64. The van der Waals surface area contributed by atoms with Gasteiger partial charge in [-0.25, -0.2) is 0 Å². The minimum atomic E-state index is 0.267. The summed E-state index contributed by atoms with van der Waals surface area (Å²) in [5.74, 6) is 1.30. The first kappa shape index (κ1) is 8.98. The summed E-state index contributed by atoms with van der Waals surface area (Å²) in [4.78, 5) is 11.7. The second-order valence-electron chi connectivity index (χ2n) is 5.21. The maximum Gasteiger partial charge on any atom is 0.144 e. The van der Waals surface area contributed by atoms with Crippen LogP contribution in [0.15, 0.2) is 11.6 Å². The number of Topliss-reactive ketones (excluding diaryl/α,β-unsaturated/α-hetero) is 1. The predicted molar refractivity (Wildman–Crippen MR) is 53.4 cm³/mol. The molecule has 0 bridgehead atoms. The molecule has 0 aliphatic heterocycles. The molecule has 0 aromatic carbocycles. The maximum absolute atomic E-state index is 11.7. The largest absolute Gasteiger partial charge is 0.299 e. The Morgan fingerprint density at radius 2 is 2.15 bits per heavy atom. The van der Waals surface area contributed by atoms with Gasteiger partial charge in [0.15, 0.2) is 0 Å². The minimum absolute atomic E-state index is 0.267. The molecule has 0 amide bonds. The highest BCUT2D eigenvalue weighted by atomic mass is 16.1. The van der Waals surface area contributed by atoms with Crippen molar-refractivity contribution in [3.63, 3.8) is 0 Å². The SMILES string of the molecule is CC1CCC(C)(C)C2=CCC(=O)C21. The monoisotopic (exact) mass is 178 g/mol. The number of ketones is 1. The minimum Gasteiger partial charge on any atom is -0.299 e. The fourth-order valence-electron chi connectivity index (χ4n) is 2.86. The molecular formula is C12H18O. The number of carbonyl (C=O) groups is 1. The van der Waals surface area contributed by atoms with Gasteiger partial charge in [0.25, 0.3) is 0 Å². The lowest BCUT2D eigenvalue weighted by molar-refractivity contribution is -0.122. The van der Waals surface area contributed by atoms with Crippen molar-refractivity contribution < 1.29 is 4.79 Å². The number of hydrogen-bond donors (Lipinski definition) is 0.